The van der Waals surface area contributed by atoms with Gasteiger partial charge in [0, 0.05) is 10.5 Å². The second kappa shape index (κ2) is 6.66. The Morgan fingerprint density at radius 1 is 1.40 bits per heavy atom. The molecule has 6 nitrogen and oxygen atoms in total. The number of carboxylic acid groups (broad SMARTS) is 1. The van der Waals surface area contributed by atoms with Crippen LogP contribution in [0.3, 0.4) is 0 Å². The van der Waals surface area contributed by atoms with Crippen molar-refractivity contribution in [3.05, 3.63) is 28.2 Å². The largest absolute Gasteiger partial charge is 0.478 e. The summed E-state index contributed by atoms with van der Waals surface area (Å²) in [4.78, 5) is 10.7. The fraction of sp³-hybridized carbons (Fsp3) is 0.417. The molecule has 1 aromatic carbocycles. The van der Waals surface area contributed by atoms with Crippen molar-refractivity contribution in [2.45, 2.75) is 24.8 Å². The molecule has 1 rings (SSSR count). The van der Waals surface area contributed by atoms with Gasteiger partial charge in [-0.05, 0) is 40.0 Å². The number of benzene rings is 1. The van der Waals surface area contributed by atoms with Crippen LogP contribution >= 0.6 is 15.9 Å². The number of aliphatic hydroxyl groups excluding tert-OH is 1. The first-order chi connectivity index (χ1) is 9.19. The average molecular weight is 366 g/mol. The fourth-order valence-electron chi connectivity index (χ4n) is 1.49. The molecule has 0 bridgehead atoms. The first kappa shape index (κ1) is 17.1. The molecule has 3 N–H and O–H groups in total. The molecule has 0 saturated carbocycles. The summed E-state index contributed by atoms with van der Waals surface area (Å²) in [6.45, 7) is 3.20. The molecule has 0 saturated heterocycles. The van der Waals surface area contributed by atoms with Crippen LogP contribution in [0.15, 0.2) is 27.6 Å². The Kier molecular flexibility index (Phi) is 5.69. The molecule has 0 aliphatic heterocycles. The summed E-state index contributed by atoms with van der Waals surface area (Å²) in [5.74, 6) is -1.31. The highest BCUT2D eigenvalue weighted by Gasteiger charge is 2.24. The summed E-state index contributed by atoms with van der Waals surface area (Å²) in [7, 11) is -3.92. The highest BCUT2D eigenvalue weighted by molar-refractivity contribution is 9.10. The van der Waals surface area contributed by atoms with Gasteiger partial charge < -0.3 is 10.2 Å². The molecule has 112 valence electrons. The molecule has 0 amide bonds. The number of hydrogen-bond acceptors (Lipinski definition) is 4. The fourth-order valence-corrected chi connectivity index (χ4v) is 3.85. The van der Waals surface area contributed by atoms with Gasteiger partial charge in [0.05, 0.1) is 17.1 Å². The molecule has 1 aromatic rings. The van der Waals surface area contributed by atoms with E-state index < -0.39 is 22.0 Å². The van der Waals surface area contributed by atoms with Crippen LogP contribution in [0.2, 0.25) is 0 Å². The van der Waals surface area contributed by atoms with Crippen LogP contribution in [0, 0.1) is 5.92 Å². The minimum Gasteiger partial charge on any atom is -0.478 e. The van der Waals surface area contributed by atoms with Gasteiger partial charge in [-0.15, -0.1) is 0 Å². The van der Waals surface area contributed by atoms with Crippen LogP contribution in [0.5, 0.6) is 0 Å². The van der Waals surface area contributed by atoms with E-state index in [9.17, 15) is 18.3 Å². The highest BCUT2D eigenvalue weighted by atomic mass is 79.9. The van der Waals surface area contributed by atoms with E-state index in [0.717, 1.165) is 6.07 Å². The van der Waals surface area contributed by atoms with E-state index in [1.807, 2.05) is 0 Å². The van der Waals surface area contributed by atoms with Crippen molar-refractivity contribution in [2.75, 3.05) is 6.61 Å². The third kappa shape index (κ3) is 4.02. The monoisotopic (exact) mass is 365 g/mol. The number of aliphatic hydroxyl groups is 1. The second-order valence-electron chi connectivity index (χ2n) is 4.60. The van der Waals surface area contributed by atoms with E-state index >= 15 is 0 Å². The molecule has 0 fully saturated rings. The number of aromatic carboxylic acids is 1. The van der Waals surface area contributed by atoms with Gasteiger partial charge in [0.2, 0.25) is 10.0 Å². The summed E-state index contributed by atoms with van der Waals surface area (Å²) in [6, 6.07) is 3.10. The number of halogens is 1. The Labute approximate surface area is 126 Å². The van der Waals surface area contributed by atoms with Crippen molar-refractivity contribution in [1.82, 2.24) is 4.72 Å². The van der Waals surface area contributed by atoms with E-state index in [0.29, 0.717) is 0 Å². The standard InChI is InChI=1S/C12H16BrNO5S/c1-7(2)10(6-15)14-20(18,19)11-5-8(12(16)17)3-4-9(11)13/h3-5,7,10,14-15H,6H2,1-2H3,(H,16,17). The van der Waals surface area contributed by atoms with E-state index in [4.69, 9.17) is 5.11 Å². The predicted octanol–water partition coefficient (Wildman–Crippen LogP) is 1.44. The van der Waals surface area contributed by atoms with E-state index in [1.54, 1.807) is 13.8 Å². The summed E-state index contributed by atoms with van der Waals surface area (Å²) in [5.41, 5.74) is -0.126. The highest BCUT2D eigenvalue weighted by Crippen LogP contribution is 2.24. The van der Waals surface area contributed by atoms with Gasteiger partial charge in [0.15, 0.2) is 0 Å². The van der Waals surface area contributed by atoms with Crippen LogP contribution in [0.1, 0.15) is 24.2 Å². The maximum atomic E-state index is 12.3. The molecule has 1 atom stereocenters. The van der Waals surface area contributed by atoms with Crippen molar-refractivity contribution in [1.29, 1.82) is 0 Å². The SMILES string of the molecule is CC(C)C(CO)NS(=O)(=O)c1cc(C(=O)O)ccc1Br. The Bertz CT molecular complexity index is 600. The number of hydrogen-bond donors (Lipinski definition) is 3. The lowest BCUT2D eigenvalue weighted by Gasteiger charge is -2.20. The van der Waals surface area contributed by atoms with Gasteiger partial charge in [-0.3, -0.25) is 0 Å². The lowest BCUT2D eigenvalue weighted by atomic mass is 10.1. The van der Waals surface area contributed by atoms with Crippen molar-refractivity contribution in [3.63, 3.8) is 0 Å². The van der Waals surface area contributed by atoms with E-state index in [1.165, 1.54) is 12.1 Å². The molecule has 0 aliphatic carbocycles. The van der Waals surface area contributed by atoms with Crippen LogP contribution in [-0.4, -0.2) is 37.2 Å². The van der Waals surface area contributed by atoms with Crippen molar-refractivity contribution < 1.29 is 23.4 Å². The molecule has 20 heavy (non-hydrogen) atoms. The van der Waals surface area contributed by atoms with Crippen molar-refractivity contribution >= 4 is 31.9 Å². The number of carbonyl (C=O) groups is 1. The summed E-state index contributed by atoms with van der Waals surface area (Å²) in [6.07, 6.45) is 0. The van der Waals surface area contributed by atoms with E-state index in [-0.39, 0.29) is 27.5 Å². The first-order valence-electron chi connectivity index (χ1n) is 5.85. The zero-order valence-electron chi connectivity index (χ0n) is 11.0. The smallest absolute Gasteiger partial charge is 0.335 e. The Morgan fingerprint density at radius 2 is 2.00 bits per heavy atom. The number of nitrogens with one attached hydrogen (secondary N) is 1. The third-order valence-electron chi connectivity index (χ3n) is 2.78. The van der Waals surface area contributed by atoms with Crippen molar-refractivity contribution in [3.8, 4) is 0 Å². The van der Waals surface area contributed by atoms with Gasteiger partial charge in [0.25, 0.3) is 0 Å². The normalized spacial score (nSPS) is 13.4. The van der Waals surface area contributed by atoms with Gasteiger partial charge >= 0.3 is 5.97 Å². The van der Waals surface area contributed by atoms with Gasteiger partial charge in [-0.2, -0.15) is 0 Å². The summed E-state index contributed by atoms with van der Waals surface area (Å²) < 4.78 is 27.1. The lowest BCUT2D eigenvalue weighted by Crippen LogP contribution is -2.41. The van der Waals surface area contributed by atoms with Crippen LogP contribution in [0.25, 0.3) is 0 Å². The average Bonchev–Trinajstić information content (AvgIpc) is 2.35. The number of rotatable bonds is 6. The Balaban J connectivity index is 3.21. The van der Waals surface area contributed by atoms with Gasteiger partial charge in [-0.25, -0.2) is 17.9 Å². The molecular formula is C12H16BrNO5S. The molecule has 0 radical (unpaired) electrons. The molecule has 0 aliphatic rings. The number of sulfonamides is 1. The number of carboxylic acids is 1. The molecule has 0 heterocycles. The summed E-state index contributed by atoms with van der Waals surface area (Å²) in [5, 5.41) is 18.1. The predicted molar refractivity (Wildman–Crippen MR) is 77.1 cm³/mol. The first-order valence-corrected chi connectivity index (χ1v) is 8.12. The van der Waals surface area contributed by atoms with Crippen molar-refractivity contribution in [2.24, 2.45) is 5.92 Å². The third-order valence-corrected chi connectivity index (χ3v) is 5.26. The van der Waals surface area contributed by atoms with Crippen LogP contribution < -0.4 is 4.72 Å². The molecule has 0 spiro atoms. The minimum atomic E-state index is -3.92. The molecular weight excluding hydrogens is 350 g/mol. The van der Waals surface area contributed by atoms with E-state index in [2.05, 4.69) is 20.7 Å². The van der Waals surface area contributed by atoms with Gasteiger partial charge in [0.1, 0.15) is 0 Å². The molecule has 0 aromatic heterocycles. The van der Waals surface area contributed by atoms with Crippen LogP contribution in [0.4, 0.5) is 0 Å². The maximum absolute atomic E-state index is 12.3. The minimum absolute atomic E-state index is 0.101. The van der Waals surface area contributed by atoms with Gasteiger partial charge in [-0.1, -0.05) is 13.8 Å². The quantitative estimate of drug-likeness (QED) is 0.707. The lowest BCUT2D eigenvalue weighted by molar-refractivity contribution is 0.0696. The molecule has 1 unspecified atom stereocenters. The maximum Gasteiger partial charge on any atom is 0.335 e. The Morgan fingerprint density at radius 3 is 2.45 bits per heavy atom. The zero-order valence-corrected chi connectivity index (χ0v) is 13.4. The summed E-state index contributed by atoms with van der Waals surface area (Å²) >= 11 is 3.09. The Hall–Kier alpha value is -0.960. The van der Waals surface area contributed by atoms with Crippen LogP contribution in [-0.2, 0) is 10.0 Å². The topological polar surface area (TPSA) is 104 Å². The zero-order chi connectivity index (χ0) is 15.5. The second-order valence-corrected chi connectivity index (χ2v) is 7.14. The molecule has 8 heteroatoms.